The maximum atomic E-state index is 12.7. The number of thiophene rings is 1. The van der Waals surface area contributed by atoms with Gasteiger partial charge in [-0.05, 0) is 42.1 Å². The fourth-order valence-corrected chi connectivity index (χ4v) is 5.31. The molecule has 1 aliphatic rings. The number of hydrogen-bond acceptors (Lipinski definition) is 6. The molecule has 0 aliphatic carbocycles. The number of rotatable bonds is 7. The van der Waals surface area contributed by atoms with E-state index in [4.69, 9.17) is 11.6 Å². The van der Waals surface area contributed by atoms with Crippen LogP contribution in [0.25, 0.3) is 0 Å². The van der Waals surface area contributed by atoms with Crippen molar-refractivity contribution in [3.63, 3.8) is 0 Å². The summed E-state index contributed by atoms with van der Waals surface area (Å²) in [4.78, 5) is 27.1. The minimum absolute atomic E-state index is 0.0349. The van der Waals surface area contributed by atoms with Crippen molar-refractivity contribution in [2.75, 3.05) is 39.3 Å². The number of nitrogens with zero attached hydrogens (tertiary/aromatic N) is 2. The molecule has 2 aromatic rings. The van der Waals surface area contributed by atoms with Crippen LogP contribution in [0.15, 0.2) is 46.7 Å². The van der Waals surface area contributed by atoms with Crippen molar-refractivity contribution in [1.82, 2.24) is 19.8 Å². The quantitative estimate of drug-likeness (QED) is 0.642. The van der Waals surface area contributed by atoms with Gasteiger partial charge in [-0.2, -0.15) is 4.31 Å². The lowest BCUT2D eigenvalue weighted by Gasteiger charge is -2.33. The number of piperazine rings is 1. The highest BCUT2D eigenvalue weighted by molar-refractivity contribution is 7.89. The third-order valence-electron chi connectivity index (χ3n) is 4.64. The van der Waals surface area contributed by atoms with Crippen LogP contribution in [0.3, 0.4) is 0 Å². The molecule has 0 bridgehead atoms. The lowest BCUT2D eigenvalue weighted by atomic mass is 10.3. The van der Waals surface area contributed by atoms with Gasteiger partial charge in [-0.1, -0.05) is 17.7 Å². The van der Waals surface area contributed by atoms with Crippen LogP contribution in [0.4, 0.5) is 4.79 Å². The third kappa shape index (κ3) is 6.26. The zero-order valence-corrected chi connectivity index (χ0v) is 18.6. The molecule has 0 unspecified atom stereocenters. The lowest BCUT2D eigenvalue weighted by Crippen LogP contribution is -2.52. The predicted octanol–water partition coefficient (Wildman–Crippen LogP) is 1.78. The Morgan fingerprint density at radius 3 is 2.40 bits per heavy atom. The Morgan fingerprint density at radius 1 is 1.07 bits per heavy atom. The van der Waals surface area contributed by atoms with Gasteiger partial charge in [0.05, 0.1) is 11.4 Å². The highest BCUT2D eigenvalue weighted by atomic mass is 35.5. The number of sulfonamides is 1. The van der Waals surface area contributed by atoms with E-state index in [-0.39, 0.29) is 24.5 Å². The minimum atomic E-state index is -3.59. The number of carbonyl (C=O) groups excluding carboxylic acids is 2. The first-order valence-electron chi connectivity index (χ1n) is 9.43. The molecule has 3 rings (SSSR count). The Kier molecular flexibility index (Phi) is 7.84. The first-order chi connectivity index (χ1) is 14.3. The Hall–Kier alpha value is -1.98. The molecular formula is C19H23ClN4O4S2. The Morgan fingerprint density at radius 2 is 1.77 bits per heavy atom. The molecule has 2 N–H and O–H groups in total. The van der Waals surface area contributed by atoms with Crippen LogP contribution < -0.4 is 10.6 Å². The van der Waals surface area contributed by atoms with E-state index in [1.807, 2.05) is 22.4 Å². The van der Waals surface area contributed by atoms with Crippen molar-refractivity contribution in [2.45, 2.75) is 11.3 Å². The first-order valence-corrected chi connectivity index (χ1v) is 12.1. The van der Waals surface area contributed by atoms with Crippen molar-refractivity contribution in [3.8, 4) is 0 Å². The first kappa shape index (κ1) is 22.7. The van der Waals surface area contributed by atoms with Gasteiger partial charge < -0.3 is 5.32 Å². The maximum absolute atomic E-state index is 12.7. The number of halogens is 1. The van der Waals surface area contributed by atoms with E-state index in [9.17, 15) is 18.0 Å². The fraction of sp³-hybridized carbons (Fsp3) is 0.368. The summed E-state index contributed by atoms with van der Waals surface area (Å²) in [6.45, 7) is 1.82. The highest BCUT2D eigenvalue weighted by Crippen LogP contribution is 2.19. The van der Waals surface area contributed by atoms with E-state index in [0.717, 1.165) is 4.88 Å². The molecule has 8 nitrogen and oxygen atoms in total. The molecule has 0 saturated carbocycles. The van der Waals surface area contributed by atoms with E-state index < -0.39 is 22.0 Å². The van der Waals surface area contributed by atoms with Gasteiger partial charge in [0.2, 0.25) is 15.9 Å². The van der Waals surface area contributed by atoms with E-state index >= 15 is 0 Å². The molecule has 0 atom stereocenters. The summed E-state index contributed by atoms with van der Waals surface area (Å²) in [5.74, 6) is -0.419. The smallest absolute Gasteiger partial charge is 0.321 e. The van der Waals surface area contributed by atoms with Gasteiger partial charge in [0.25, 0.3) is 0 Å². The molecule has 1 saturated heterocycles. The van der Waals surface area contributed by atoms with Crippen molar-refractivity contribution in [1.29, 1.82) is 0 Å². The second kappa shape index (κ2) is 10.4. The Labute approximate surface area is 184 Å². The normalized spacial score (nSPS) is 15.6. The number of urea groups is 1. The minimum Gasteiger partial charge on any atom is -0.337 e. The molecule has 1 fully saturated rings. The highest BCUT2D eigenvalue weighted by Gasteiger charge is 2.29. The molecule has 11 heteroatoms. The molecular weight excluding hydrogens is 448 g/mol. The summed E-state index contributed by atoms with van der Waals surface area (Å²) in [6, 6.07) is 9.46. The van der Waals surface area contributed by atoms with Crippen molar-refractivity contribution < 1.29 is 18.0 Å². The molecule has 0 radical (unpaired) electrons. The molecule has 0 spiro atoms. The Bertz CT molecular complexity index is 957. The molecule has 1 aliphatic heterocycles. The summed E-state index contributed by atoms with van der Waals surface area (Å²) in [6.07, 6.45) is 0.712. The zero-order chi connectivity index (χ0) is 21.6. The van der Waals surface area contributed by atoms with E-state index in [0.29, 0.717) is 31.1 Å². The molecule has 3 amide bonds. The van der Waals surface area contributed by atoms with Gasteiger partial charge >= 0.3 is 6.03 Å². The SMILES string of the molecule is O=C(CN1CCN(S(=O)(=O)c2ccc(Cl)cc2)CC1)NC(=O)NCCc1cccs1. The second-order valence-corrected chi connectivity index (χ2v) is 10.2. The van der Waals surface area contributed by atoms with Crippen molar-refractivity contribution >= 4 is 44.9 Å². The average molecular weight is 471 g/mol. The predicted molar refractivity (Wildman–Crippen MR) is 116 cm³/mol. The van der Waals surface area contributed by atoms with Gasteiger partial charge in [0.15, 0.2) is 0 Å². The standard InChI is InChI=1S/C19H23ClN4O4S2/c20-15-3-5-17(6-4-15)30(27,28)24-11-9-23(10-12-24)14-18(25)22-19(26)21-8-7-16-2-1-13-29-16/h1-6,13H,7-12,14H2,(H2,21,22,25,26). The number of benzene rings is 1. The zero-order valence-electron chi connectivity index (χ0n) is 16.2. The van der Waals surface area contributed by atoms with Crippen LogP contribution in [0.5, 0.6) is 0 Å². The topological polar surface area (TPSA) is 98.8 Å². The van der Waals surface area contributed by atoms with Crippen LogP contribution in [-0.2, 0) is 21.2 Å². The van der Waals surface area contributed by atoms with Gasteiger partial charge in [0, 0.05) is 42.6 Å². The van der Waals surface area contributed by atoms with Gasteiger partial charge in [-0.25, -0.2) is 13.2 Å². The van der Waals surface area contributed by atoms with Crippen LogP contribution in [0.2, 0.25) is 5.02 Å². The van der Waals surface area contributed by atoms with Crippen LogP contribution in [0.1, 0.15) is 4.88 Å². The third-order valence-corrected chi connectivity index (χ3v) is 7.74. The summed E-state index contributed by atoms with van der Waals surface area (Å²) in [5, 5.41) is 7.41. The van der Waals surface area contributed by atoms with Crippen LogP contribution in [0, 0.1) is 0 Å². The lowest BCUT2D eigenvalue weighted by molar-refractivity contribution is -0.121. The fourth-order valence-electron chi connectivity index (χ4n) is 3.05. The van der Waals surface area contributed by atoms with Crippen LogP contribution >= 0.6 is 22.9 Å². The second-order valence-electron chi connectivity index (χ2n) is 6.77. The summed E-state index contributed by atoms with van der Waals surface area (Å²) >= 11 is 7.44. The number of amides is 3. The molecule has 30 heavy (non-hydrogen) atoms. The molecule has 1 aromatic carbocycles. The van der Waals surface area contributed by atoms with Crippen LogP contribution in [-0.4, -0.2) is 68.8 Å². The monoisotopic (exact) mass is 470 g/mol. The van der Waals surface area contributed by atoms with Gasteiger partial charge in [0.1, 0.15) is 0 Å². The summed E-state index contributed by atoms with van der Waals surface area (Å²) < 4.78 is 26.8. The number of imide groups is 1. The summed E-state index contributed by atoms with van der Waals surface area (Å²) in [7, 11) is -3.59. The van der Waals surface area contributed by atoms with Gasteiger partial charge in [-0.15, -0.1) is 11.3 Å². The Balaban J connectivity index is 1.40. The molecule has 162 valence electrons. The van der Waals surface area contributed by atoms with Crippen molar-refractivity contribution in [3.05, 3.63) is 51.7 Å². The van der Waals surface area contributed by atoms with E-state index in [2.05, 4.69) is 10.6 Å². The average Bonchev–Trinajstić information content (AvgIpc) is 3.22. The van der Waals surface area contributed by atoms with Crippen molar-refractivity contribution in [2.24, 2.45) is 0 Å². The van der Waals surface area contributed by atoms with E-state index in [1.54, 1.807) is 23.5 Å². The number of carbonyl (C=O) groups is 2. The number of hydrogen-bond donors (Lipinski definition) is 2. The molecule has 2 heterocycles. The largest absolute Gasteiger partial charge is 0.337 e. The summed E-state index contributed by atoms with van der Waals surface area (Å²) in [5.41, 5.74) is 0. The van der Waals surface area contributed by atoms with E-state index in [1.165, 1.54) is 16.4 Å². The van der Waals surface area contributed by atoms with Gasteiger partial charge in [-0.3, -0.25) is 15.0 Å². The maximum Gasteiger partial charge on any atom is 0.321 e. The number of nitrogens with one attached hydrogen (secondary N) is 2. The molecule has 1 aromatic heterocycles.